The Morgan fingerprint density at radius 2 is 1.84 bits per heavy atom. The molecule has 7 nitrogen and oxygen atoms in total. The van der Waals surface area contributed by atoms with Gasteiger partial charge >= 0.3 is 0 Å². The van der Waals surface area contributed by atoms with Gasteiger partial charge in [0.1, 0.15) is 18.4 Å². The van der Waals surface area contributed by atoms with E-state index in [9.17, 15) is 14.4 Å². The minimum Gasteiger partial charge on any atom is -0.492 e. The van der Waals surface area contributed by atoms with Gasteiger partial charge in [-0.15, -0.1) is 0 Å². The summed E-state index contributed by atoms with van der Waals surface area (Å²) in [5.74, 6) is 0.124. The van der Waals surface area contributed by atoms with Crippen LogP contribution in [-0.2, 0) is 9.59 Å². The molecule has 1 N–H and O–H groups in total. The molecular weight excluding hydrogens is 394 g/mol. The molecule has 1 atom stereocenters. The first-order valence-electron chi connectivity index (χ1n) is 10.6. The second-order valence-electron chi connectivity index (χ2n) is 8.13. The molecule has 1 aliphatic carbocycles. The maximum Gasteiger partial charge on any atom is 0.255 e. The van der Waals surface area contributed by atoms with Crippen molar-refractivity contribution >= 4 is 17.7 Å². The first-order chi connectivity index (χ1) is 15.0. The number of hydrogen-bond donors (Lipinski definition) is 1. The van der Waals surface area contributed by atoms with Crippen LogP contribution in [0.4, 0.5) is 0 Å². The van der Waals surface area contributed by atoms with Crippen LogP contribution in [0.3, 0.4) is 0 Å². The highest BCUT2D eigenvalue weighted by Crippen LogP contribution is 2.41. The zero-order valence-electron chi connectivity index (χ0n) is 17.8. The monoisotopic (exact) mass is 421 g/mol. The summed E-state index contributed by atoms with van der Waals surface area (Å²) in [6, 6.07) is 14.4. The van der Waals surface area contributed by atoms with Crippen LogP contribution in [0.1, 0.15) is 40.4 Å². The van der Waals surface area contributed by atoms with Gasteiger partial charge in [-0.2, -0.15) is 0 Å². The van der Waals surface area contributed by atoms with Crippen molar-refractivity contribution in [2.24, 2.45) is 0 Å². The van der Waals surface area contributed by atoms with Gasteiger partial charge < -0.3 is 19.9 Å². The summed E-state index contributed by atoms with van der Waals surface area (Å²) in [5, 5.41) is 2.73. The number of benzene rings is 2. The highest BCUT2D eigenvalue weighted by atomic mass is 16.5. The number of hydrogen-bond acceptors (Lipinski definition) is 4. The van der Waals surface area contributed by atoms with Crippen LogP contribution in [0.2, 0.25) is 0 Å². The summed E-state index contributed by atoms with van der Waals surface area (Å²) in [4.78, 5) is 41.4. The number of carbonyl (C=O) groups is 3. The van der Waals surface area contributed by atoms with Crippen LogP contribution >= 0.6 is 0 Å². The molecule has 1 heterocycles. The second-order valence-corrected chi connectivity index (χ2v) is 8.13. The van der Waals surface area contributed by atoms with Gasteiger partial charge in [0, 0.05) is 18.7 Å². The fourth-order valence-corrected chi connectivity index (χ4v) is 3.79. The van der Waals surface area contributed by atoms with Crippen molar-refractivity contribution < 1.29 is 19.1 Å². The van der Waals surface area contributed by atoms with E-state index in [-0.39, 0.29) is 30.3 Å². The normalized spacial score (nSPS) is 17.3. The van der Waals surface area contributed by atoms with Crippen LogP contribution in [0.25, 0.3) is 0 Å². The van der Waals surface area contributed by atoms with Crippen molar-refractivity contribution in [1.82, 2.24) is 15.1 Å². The highest BCUT2D eigenvalue weighted by molar-refractivity contribution is 6.05. The molecule has 2 aliphatic rings. The number of ether oxygens (including phenoxy) is 1. The van der Waals surface area contributed by atoms with Crippen molar-refractivity contribution in [2.45, 2.75) is 31.8 Å². The van der Waals surface area contributed by atoms with Crippen molar-refractivity contribution in [3.8, 4) is 5.75 Å². The van der Waals surface area contributed by atoms with Crippen LogP contribution < -0.4 is 10.1 Å². The maximum atomic E-state index is 12.9. The van der Waals surface area contributed by atoms with Gasteiger partial charge in [0.2, 0.25) is 11.8 Å². The fraction of sp³-hybridized carbons (Fsp3) is 0.375. The maximum absolute atomic E-state index is 12.9. The summed E-state index contributed by atoms with van der Waals surface area (Å²) in [5.41, 5.74) is 2.44. The Morgan fingerprint density at radius 1 is 1.13 bits per heavy atom. The summed E-state index contributed by atoms with van der Waals surface area (Å²) in [6.45, 7) is 2.65. The molecular formula is C24H27N3O4. The van der Waals surface area contributed by atoms with E-state index in [1.807, 2.05) is 43.3 Å². The van der Waals surface area contributed by atoms with Crippen LogP contribution in [0, 0.1) is 6.92 Å². The minimum absolute atomic E-state index is 0.102. The van der Waals surface area contributed by atoms with Gasteiger partial charge in [0.25, 0.3) is 5.91 Å². The SMILES string of the molecule is Cc1ccc(OCCN(C)C(=O)CNC(=O)C2c3ccccc3C(=O)N2C2CC2)cc1. The lowest BCUT2D eigenvalue weighted by Crippen LogP contribution is -2.44. The lowest BCUT2D eigenvalue weighted by atomic mass is 10.0. The zero-order valence-corrected chi connectivity index (χ0v) is 17.8. The fourth-order valence-electron chi connectivity index (χ4n) is 3.79. The van der Waals surface area contributed by atoms with Gasteiger partial charge in [-0.25, -0.2) is 0 Å². The smallest absolute Gasteiger partial charge is 0.255 e. The molecule has 0 saturated heterocycles. The number of amides is 3. The molecule has 2 aromatic carbocycles. The van der Waals surface area contributed by atoms with Crippen LogP contribution in [0.5, 0.6) is 5.75 Å². The average molecular weight is 421 g/mol. The standard InChI is InChI=1S/C24H27N3O4/c1-16-7-11-18(12-8-16)31-14-13-26(2)21(28)15-25-23(29)22-19-5-3-4-6-20(19)24(30)27(22)17-9-10-17/h3-8,11-12,17,22H,9-10,13-15H2,1-2H3,(H,25,29). The Bertz CT molecular complexity index is 985. The minimum atomic E-state index is -0.667. The molecule has 0 radical (unpaired) electrons. The molecule has 1 aliphatic heterocycles. The predicted molar refractivity (Wildman–Crippen MR) is 116 cm³/mol. The lowest BCUT2D eigenvalue weighted by molar-refractivity contribution is -0.133. The topological polar surface area (TPSA) is 79.0 Å². The molecule has 162 valence electrons. The third-order valence-corrected chi connectivity index (χ3v) is 5.74. The Hall–Kier alpha value is -3.35. The molecule has 7 heteroatoms. The Labute approximate surface area is 182 Å². The third kappa shape index (κ3) is 4.55. The first kappa shape index (κ1) is 20.9. The van der Waals surface area contributed by atoms with Crippen molar-refractivity contribution in [1.29, 1.82) is 0 Å². The molecule has 1 fully saturated rings. The number of fused-ring (bicyclic) bond motifs is 1. The quantitative estimate of drug-likeness (QED) is 0.710. The van der Waals surface area contributed by atoms with E-state index in [1.54, 1.807) is 24.1 Å². The summed E-state index contributed by atoms with van der Waals surface area (Å²) in [6.07, 6.45) is 1.82. The molecule has 3 amide bonds. The molecule has 0 spiro atoms. The highest BCUT2D eigenvalue weighted by Gasteiger charge is 2.47. The molecule has 1 unspecified atom stereocenters. The summed E-state index contributed by atoms with van der Waals surface area (Å²) >= 11 is 0. The summed E-state index contributed by atoms with van der Waals surface area (Å²) < 4.78 is 5.66. The largest absolute Gasteiger partial charge is 0.492 e. The van der Waals surface area contributed by atoms with Crippen LogP contribution in [0.15, 0.2) is 48.5 Å². The molecule has 0 aromatic heterocycles. The predicted octanol–water partition coefficient (Wildman–Crippen LogP) is 2.31. The average Bonchev–Trinajstić information content (AvgIpc) is 3.57. The van der Waals surface area contributed by atoms with E-state index >= 15 is 0 Å². The van der Waals surface area contributed by atoms with Gasteiger partial charge in [0.15, 0.2) is 0 Å². The number of carbonyl (C=O) groups excluding carboxylic acids is 3. The lowest BCUT2D eigenvalue weighted by Gasteiger charge is -2.25. The van der Waals surface area contributed by atoms with E-state index in [0.717, 1.165) is 24.2 Å². The van der Waals surface area contributed by atoms with Gasteiger partial charge in [-0.1, -0.05) is 35.9 Å². The van der Waals surface area contributed by atoms with E-state index in [2.05, 4.69) is 5.32 Å². The zero-order chi connectivity index (χ0) is 22.0. The van der Waals surface area contributed by atoms with E-state index in [0.29, 0.717) is 24.3 Å². The molecule has 1 saturated carbocycles. The molecule has 2 aromatic rings. The van der Waals surface area contributed by atoms with E-state index in [4.69, 9.17) is 4.74 Å². The Kier molecular flexibility index (Phi) is 5.93. The van der Waals surface area contributed by atoms with Crippen molar-refractivity contribution in [2.75, 3.05) is 26.7 Å². The number of aryl methyl sites for hydroxylation is 1. The van der Waals surface area contributed by atoms with Gasteiger partial charge in [0.05, 0.1) is 13.1 Å². The van der Waals surface area contributed by atoms with Crippen molar-refractivity contribution in [3.63, 3.8) is 0 Å². The van der Waals surface area contributed by atoms with E-state index < -0.39 is 6.04 Å². The number of nitrogens with zero attached hydrogens (tertiary/aromatic N) is 2. The van der Waals surface area contributed by atoms with Gasteiger partial charge in [-0.3, -0.25) is 14.4 Å². The second kappa shape index (κ2) is 8.79. The number of rotatable bonds is 8. The Morgan fingerprint density at radius 3 is 2.55 bits per heavy atom. The number of nitrogens with one attached hydrogen (secondary N) is 1. The number of likely N-dealkylation sites (N-methyl/N-ethyl adjacent to an activating group) is 1. The van der Waals surface area contributed by atoms with Crippen LogP contribution in [-0.4, -0.2) is 60.3 Å². The third-order valence-electron chi connectivity index (χ3n) is 5.74. The van der Waals surface area contributed by atoms with E-state index in [1.165, 1.54) is 4.90 Å². The first-order valence-corrected chi connectivity index (χ1v) is 10.6. The molecule has 4 rings (SSSR count). The summed E-state index contributed by atoms with van der Waals surface area (Å²) in [7, 11) is 1.68. The van der Waals surface area contributed by atoms with Crippen molar-refractivity contribution in [3.05, 3.63) is 65.2 Å². The van der Waals surface area contributed by atoms with Gasteiger partial charge in [-0.05, 0) is 43.5 Å². The Balaban J connectivity index is 1.30. The molecule has 31 heavy (non-hydrogen) atoms. The molecule has 0 bridgehead atoms.